The Morgan fingerprint density at radius 3 is 2.72 bits per heavy atom. The molecule has 18 heavy (non-hydrogen) atoms. The molecule has 0 aliphatic carbocycles. The Balaban J connectivity index is 2.44. The Hall–Kier alpha value is -0.660. The molecule has 1 fully saturated rings. The van der Waals surface area contributed by atoms with Crippen LogP contribution in [0.25, 0.3) is 0 Å². The number of hydrogen-bond donors (Lipinski definition) is 2. The van der Waals surface area contributed by atoms with Crippen LogP contribution in [0.1, 0.15) is 26.2 Å². The van der Waals surface area contributed by atoms with Crippen molar-refractivity contribution < 1.29 is 17.9 Å². The number of nitrogens with two attached hydrogens (primary N) is 1. The van der Waals surface area contributed by atoms with Gasteiger partial charge < -0.3 is 15.8 Å². The van der Waals surface area contributed by atoms with Crippen molar-refractivity contribution in [3.8, 4) is 0 Å². The van der Waals surface area contributed by atoms with Gasteiger partial charge >= 0.3 is 0 Å². The molecule has 106 valence electrons. The molecule has 1 aliphatic heterocycles. The smallest absolute Gasteiger partial charge is 0.237 e. The Bertz CT molecular complexity index is 388. The van der Waals surface area contributed by atoms with Gasteiger partial charge in [0.25, 0.3) is 0 Å². The van der Waals surface area contributed by atoms with Crippen molar-refractivity contribution in [2.45, 2.75) is 37.8 Å². The van der Waals surface area contributed by atoms with Gasteiger partial charge in [-0.3, -0.25) is 4.79 Å². The summed E-state index contributed by atoms with van der Waals surface area (Å²) in [6.45, 7) is 3.09. The Morgan fingerprint density at radius 1 is 1.56 bits per heavy atom. The molecule has 3 N–H and O–H groups in total. The summed E-state index contributed by atoms with van der Waals surface area (Å²) in [4.78, 5) is 11.8. The first-order valence-electron chi connectivity index (χ1n) is 6.05. The fraction of sp³-hybridized carbons (Fsp3) is 0.909. The summed E-state index contributed by atoms with van der Waals surface area (Å²) in [5.74, 6) is -0.388. The lowest BCUT2D eigenvalue weighted by molar-refractivity contribution is -0.125. The van der Waals surface area contributed by atoms with Gasteiger partial charge in [-0.2, -0.15) is 0 Å². The molecule has 0 aromatic carbocycles. The van der Waals surface area contributed by atoms with Gasteiger partial charge in [-0.05, 0) is 26.2 Å². The van der Waals surface area contributed by atoms with Crippen LogP contribution in [-0.4, -0.2) is 51.1 Å². The summed E-state index contributed by atoms with van der Waals surface area (Å²) in [6, 6.07) is -0.793. The Morgan fingerprint density at radius 2 is 2.22 bits per heavy atom. The molecule has 1 aliphatic rings. The molecule has 1 rings (SSSR count). The van der Waals surface area contributed by atoms with Gasteiger partial charge in [0.05, 0.1) is 23.9 Å². The van der Waals surface area contributed by atoms with Crippen LogP contribution in [0.5, 0.6) is 0 Å². The highest BCUT2D eigenvalue weighted by Crippen LogP contribution is 2.18. The van der Waals surface area contributed by atoms with E-state index in [4.69, 9.17) is 10.5 Å². The third-order valence-electron chi connectivity index (χ3n) is 3.00. The van der Waals surface area contributed by atoms with Crippen LogP contribution in [-0.2, 0) is 19.4 Å². The largest absolute Gasteiger partial charge is 0.379 e. The SMILES string of the molecule is CC1(NC(=O)C(N)CCS(C)(=O)=O)CCCOC1. The van der Waals surface area contributed by atoms with E-state index in [9.17, 15) is 13.2 Å². The zero-order valence-electron chi connectivity index (χ0n) is 10.9. The third-order valence-corrected chi connectivity index (χ3v) is 3.98. The van der Waals surface area contributed by atoms with Crippen LogP contribution in [0.3, 0.4) is 0 Å². The van der Waals surface area contributed by atoms with Gasteiger partial charge in [-0.1, -0.05) is 0 Å². The Kier molecular flexibility index (Phi) is 5.12. The van der Waals surface area contributed by atoms with E-state index in [0.717, 1.165) is 19.1 Å². The summed E-state index contributed by atoms with van der Waals surface area (Å²) in [6.07, 6.45) is 3.02. The highest BCUT2D eigenvalue weighted by molar-refractivity contribution is 7.90. The molecule has 2 atom stereocenters. The maximum atomic E-state index is 11.8. The fourth-order valence-electron chi connectivity index (χ4n) is 1.89. The summed E-state index contributed by atoms with van der Waals surface area (Å²) >= 11 is 0. The standard InChI is InChI=1S/C11H22N2O4S/c1-11(5-3-6-17-8-11)13-10(14)9(12)4-7-18(2,15)16/h9H,3-8,12H2,1-2H3,(H,13,14). The van der Waals surface area contributed by atoms with Crippen LogP contribution < -0.4 is 11.1 Å². The number of amides is 1. The summed E-state index contributed by atoms with van der Waals surface area (Å²) in [7, 11) is -3.09. The molecule has 0 saturated carbocycles. The average Bonchev–Trinajstić information content (AvgIpc) is 2.25. The number of ether oxygens (including phenoxy) is 1. The van der Waals surface area contributed by atoms with E-state index in [-0.39, 0.29) is 18.1 Å². The van der Waals surface area contributed by atoms with Gasteiger partial charge in [0.1, 0.15) is 9.84 Å². The molecule has 0 bridgehead atoms. The molecular weight excluding hydrogens is 256 g/mol. The van der Waals surface area contributed by atoms with Gasteiger partial charge in [-0.15, -0.1) is 0 Å². The second-order valence-corrected chi connectivity index (χ2v) is 7.49. The normalized spacial score (nSPS) is 26.6. The lowest BCUT2D eigenvalue weighted by atomic mass is 9.94. The molecule has 0 radical (unpaired) electrons. The van der Waals surface area contributed by atoms with Crippen molar-refractivity contribution in [1.29, 1.82) is 0 Å². The van der Waals surface area contributed by atoms with E-state index >= 15 is 0 Å². The predicted octanol–water partition coefficient (Wildman–Crippen LogP) is -0.566. The zero-order valence-corrected chi connectivity index (χ0v) is 11.8. The molecular formula is C11H22N2O4S. The number of nitrogens with one attached hydrogen (secondary N) is 1. The fourth-order valence-corrected chi connectivity index (χ4v) is 2.58. The van der Waals surface area contributed by atoms with Crippen molar-refractivity contribution in [2.75, 3.05) is 25.2 Å². The van der Waals surface area contributed by atoms with Gasteiger partial charge in [-0.25, -0.2) is 8.42 Å². The number of carbonyl (C=O) groups excluding carboxylic acids is 1. The number of hydrogen-bond acceptors (Lipinski definition) is 5. The number of sulfone groups is 1. The lowest BCUT2D eigenvalue weighted by Crippen LogP contribution is -2.56. The van der Waals surface area contributed by atoms with Crippen molar-refractivity contribution >= 4 is 15.7 Å². The molecule has 2 unspecified atom stereocenters. The number of rotatable bonds is 5. The van der Waals surface area contributed by atoms with Crippen LogP contribution in [0.15, 0.2) is 0 Å². The van der Waals surface area contributed by atoms with Gasteiger partial charge in [0.15, 0.2) is 0 Å². The van der Waals surface area contributed by atoms with Gasteiger partial charge in [0.2, 0.25) is 5.91 Å². The van der Waals surface area contributed by atoms with E-state index in [0.29, 0.717) is 13.2 Å². The molecule has 0 spiro atoms. The van der Waals surface area contributed by atoms with Crippen molar-refractivity contribution in [3.63, 3.8) is 0 Å². The molecule has 1 amide bonds. The van der Waals surface area contributed by atoms with Crippen molar-refractivity contribution in [3.05, 3.63) is 0 Å². The van der Waals surface area contributed by atoms with Crippen LogP contribution >= 0.6 is 0 Å². The zero-order chi connectivity index (χ0) is 13.8. The van der Waals surface area contributed by atoms with Crippen molar-refractivity contribution in [1.82, 2.24) is 5.32 Å². The molecule has 0 aromatic heterocycles. The maximum Gasteiger partial charge on any atom is 0.237 e. The summed E-state index contributed by atoms with van der Waals surface area (Å²) in [5.41, 5.74) is 5.29. The maximum absolute atomic E-state index is 11.8. The highest BCUT2D eigenvalue weighted by Gasteiger charge is 2.31. The van der Waals surface area contributed by atoms with Crippen LogP contribution in [0.2, 0.25) is 0 Å². The van der Waals surface area contributed by atoms with E-state index in [2.05, 4.69) is 5.32 Å². The molecule has 7 heteroatoms. The lowest BCUT2D eigenvalue weighted by Gasteiger charge is -2.35. The summed E-state index contributed by atoms with van der Waals surface area (Å²) < 4.78 is 27.3. The van der Waals surface area contributed by atoms with E-state index in [1.54, 1.807) is 0 Å². The van der Waals surface area contributed by atoms with Gasteiger partial charge in [0, 0.05) is 12.9 Å². The van der Waals surface area contributed by atoms with E-state index < -0.39 is 21.4 Å². The Labute approximate surface area is 108 Å². The molecule has 1 heterocycles. The topological polar surface area (TPSA) is 98.5 Å². The second-order valence-electron chi connectivity index (χ2n) is 5.23. The second kappa shape index (κ2) is 5.99. The highest BCUT2D eigenvalue weighted by atomic mass is 32.2. The molecule has 1 saturated heterocycles. The first-order valence-corrected chi connectivity index (χ1v) is 8.11. The summed E-state index contributed by atoms with van der Waals surface area (Å²) in [5, 5.41) is 2.85. The number of carbonyl (C=O) groups is 1. The monoisotopic (exact) mass is 278 g/mol. The first kappa shape index (κ1) is 15.4. The minimum absolute atomic E-state index is 0.0746. The van der Waals surface area contributed by atoms with Crippen LogP contribution in [0, 0.1) is 0 Å². The third kappa shape index (κ3) is 5.32. The van der Waals surface area contributed by atoms with E-state index in [1.165, 1.54) is 0 Å². The quantitative estimate of drug-likeness (QED) is 0.702. The minimum atomic E-state index is -3.09. The first-order chi connectivity index (χ1) is 8.22. The minimum Gasteiger partial charge on any atom is -0.379 e. The average molecular weight is 278 g/mol. The molecule has 6 nitrogen and oxygen atoms in total. The predicted molar refractivity (Wildman–Crippen MR) is 68.9 cm³/mol. The van der Waals surface area contributed by atoms with Crippen LogP contribution in [0.4, 0.5) is 0 Å². The molecule has 0 aromatic rings. The van der Waals surface area contributed by atoms with E-state index in [1.807, 2.05) is 6.92 Å². The van der Waals surface area contributed by atoms with Crippen molar-refractivity contribution in [2.24, 2.45) is 5.73 Å².